The highest BCUT2D eigenvalue weighted by Crippen LogP contribution is 2.41. The van der Waals surface area contributed by atoms with Crippen molar-refractivity contribution in [1.29, 1.82) is 0 Å². The monoisotopic (exact) mass is 380 g/mol. The van der Waals surface area contributed by atoms with Crippen LogP contribution in [-0.4, -0.2) is 41.5 Å². The molecule has 0 saturated carbocycles. The standard InChI is InChI=1S/C22H24N2O4/c1-23(16-13-19(26-3)21(28-5)20(14-16)27-4)22(25)24(2)18-12-8-10-15-9-6-7-11-17(15)18/h6-14H,1-5H3. The lowest BCUT2D eigenvalue weighted by atomic mass is 10.1. The van der Waals surface area contributed by atoms with Crippen LogP contribution < -0.4 is 24.0 Å². The topological polar surface area (TPSA) is 51.2 Å². The number of rotatable bonds is 5. The van der Waals surface area contributed by atoms with E-state index in [1.54, 1.807) is 57.4 Å². The number of anilines is 2. The van der Waals surface area contributed by atoms with E-state index in [0.29, 0.717) is 22.9 Å². The number of fused-ring (bicyclic) bond motifs is 1. The van der Waals surface area contributed by atoms with Crippen molar-refractivity contribution in [3.05, 3.63) is 54.6 Å². The van der Waals surface area contributed by atoms with Crippen LogP contribution in [0, 0.1) is 0 Å². The number of amides is 2. The molecule has 0 fully saturated rings. The van der Waals surface area contributed by atoms with Gasteiger partial charge in [0, 0.05) is 31.6 Å². The van der Waals surface area contributed by atoms with E-state index in [1.165, 1.54) is 0 Å². The third-order valence-electron chi connectivity index (χ3n) is 4.74. The molecule has 3 aromatic rings. The second-order valence-corrected chi connectivity index (χ2v) is 6.28. The van der Waals surface area contributed by atoms with Gasteiger partial charge in [0.1, 0.15) is 0 Å². The number of ether oxygens (including phenoxy) is 3. The molecule has 6 nitrogen and oxygen atoms in total. The molecule has 0 atom stereocenters. The van der Waals surface area contributed by atoms with E-state index < -0.39 is 0 Å². The van der Waals surface area contributed by atoms with Gasteiger partial charge in [0.05, 0.1) is 32.7 Å². The summed E-state index contributed by atoms with van der Waals surface area (Å²) in [6.07, 6.45) is 0. The van der Waals surface area contributed by atoms with E-state index in [4.69, 9.17) is 14.2 Å². The number of benzene rings is 3. The van der Waals surface area contributed by atoms with Crippen LogP contribution in [0.4, 0.5) is 16.2 Å². The van der Waals surface area contributed by atoms with E-state index in [1.807, 2.05) is 42.5 Å². The van der Waals surface area contributed by atoms with Crippen molar-refractivity contribution < 1.29 is 19.0 Å². The second kappa shape index (κ2) is 8.08. The fraction of sp³-hybridized carbons (Fsp3) is 0.227. The van der Waals surface area contributed by atoms with E-state index in [2.05, 4.69) is 0 Å². The van der Waals surface area contributed by atoms with Gasteiger partial charge in [0.25, 0.3) is 0 Å². The minimum absolute atomic E-state index is 0.189. The number of hydrogen-bond donors (Lipinski definition) is 0. The Balaban J connectivity index is 1.98. The Bertz CT molecular complexity index is 972. The van der Waals surface area contributed by atoms with Gasteiger partial charge in [-0.05, 0) is 11.5 Å². The predicted octanol–water partition coefficient (Wildman–Crippen LogP) is 4.56. The summed E-state index contributed by atoms with van der Waals surface area (Å²) in [5.74, 6) is 1.46. The Morgan fingerprint density at radius 2 is 1.39 bits per heavy atom. The fourth-order valence-corrected chi connectivity index (χ4v) is 3.20. The lowest BCUT2D eigenvalue weighted by Crippen LogP contribution is -2.39. The third-order valence-corrected chi connectivity index (χ3v) is 4.74. The van der Waals surface area contributed by atoms with Crippen molar-refractivity contribution in [3.63, 3.8) is 0 Å². The van der Waals surface area contributed by atoms with Crippen molar-refractivity contribution in [2.75, 3.05) is 45.2 Å². The summed E-state index contributed by atoms with van der Waals surface area (Å²) in [6, 6.07) is 17.2. The molecule has 28 heavy (non-hydrogen) atoms. The molecule has 3 rings (SSSR count). The summed E-state index contributed by atoms with van der Waals surface area (Å²) in [7, 11) is 8.11. The first-order chi connectivity index (χ1) is 13.5. The SMILES string of the molecule is COc1cc(N(C)C(=O)N(C)c2cccc3ccccc23)cc(OC)c1OC. The summed E-state index contributed by atoms with van der Waals surface area (Å²) in [5.41, 5.74) is 1.47. The number of nitrogens with zero attached hydrogens (tertiary/aromatic N) is 2. The number of carbonyl (C=O) groups is 1. The minimum atomic E-state index is -0.189. The molecule has 0 spiro atoms. The van der Waals surface area contributed by atoms with Gasteiger partial charge in [-0.3, -0.25) is 9.80 Å². The first-order valence-electron chi connectivity index (χ1n) is 8.81. The Morgan fingerprint density at radius 1 is 0.786 bits per heavy atom. The number of methoxy groups -OCH3 is 3. The zero-order valence-electron chi connectivity index (χ0n) is 16.7. The van der Waals surface area contributed by atoms with Crippen molar-refractivity contribution in [1.82, 2.24) is 0 Å². The molecule has 0 aliphatic carbocycles. The van der Waals surface area contributed by atoms with Crippen LogP contribution >= 0.6 is 0 Å². The van der Waals surface area contributed by atoms with Gasteiger partial charge in [-0.25, -0.2) is 4.79 Å². The molecule has 0 heterocycles. The normalized spacial score (nSPS) is 10.5. The third kappa shape index (κ3) is 3.41. The molecule has 0 aliphatic rings. The molecule has 6 heteroatoms. The average Bonchev–Trinajstić information content (AvgIpc) is 2.75. The molecule has 3 aromatic carbocycles. The lowest BCUT2D eigenvalue weighted by Gasteiger charge is -2.27. The highest BCUT2D eigenvalue weighted by atomic mass is 16.5. The van der Waals surface area contributed by atoms with E-state index in [-0.39, 0.29) is 6.03 Å². The zero-order valence-corrected chi connectivity index (χ0v) is 16.7. The molecule has 0 radical (unpaired) electrons. The summed E-state index contributed by atoms with van der Waals surface area (Å²) in [4.78, 5) is 16.4. The number of carbonyl (C=O) groups excluding carboxylic acids is 1. The molecular weight excluding hydrogens is 356 g/mol. The summed E-state index contributed by atoms with van der Waals surface area (Å²) >= 11 is 0. The van der Waals surface area contributed by atoms with Gasteiger partial charge in [-0.1, -0.05) is 36.4 Å². The van der Waals surface area contributed by atoms with Gasteiger partial charge >= 0.3 is 6.03 Å². The summed E-state index contributed by atoms with van der Waals surface area (Å²) in [5, 5.41) is 2.09. The van der Waals surface area contributed by atoms with Crippen LogP contribution in [0.1, 0.15) is 0 Å². The molecule has 146 valence electrons. The predicted molar refractivity (Wildman–Crippen MR) is 112 cm³/mol. The largest absolute Gasteiger partial charge is 0.493 e. The van der Waals surface area contributed by atoms with Gasteiger partial charge in [-0.2, -0.15) is 0 Å². The summed E-state index contributed by atoms with van der Waals surface area (Å²) < 4.78 is 16.1. The van der Waals surface area contributed by atoms with Crippen LogP contribution in [-0.2, 0) is 0 Å². The molecule has 0 saturated heterocycles. The number of urea groups is 1. The quantitative estimate of drug-likeness (QED) is 0.651. The van der Waals surface area contributed by atoms with Crippen LogP contribution in [0.2, 0.25) is 0 Å². The average molecular weight is 380 g/mol. The van der Waals surface area contributed by atoms with Gasteiger partial charge in [0.2, 0.25) is 5.75 Å². The second-order valence-electron chi connectivity index (χ2n) is 6.28. The van der Waals surface area contributed by atoms with Crippen LogP contribution in [0.15, 0.2) is 54.6 Å². The maximum absolute atomic E-state index is 13.2. The Hall–Kier alpha value is -3.41. The van der Waals surface area contributed by atoms with E-state index in [0.717, 1.165) is 16.5 Å². The minimum Gasteiger partial charge on any atom is -0.493 e. The van der Waals surface area contributed by atoms with Crippen molar-refractivity contribution in [3.8, 4) is 17.2 Å². The Kier molecular flexibility index (Phi) is 5.59. The van der Waals surface area contributed by atoms with Gasteiger partial charge in [-0.15, -0.1) is 0 Å². The van der Waals surface area contributed by atoms with Crippen molar-refractivity contribution >= 4 is 28.2 Å². The lowest BCUT2D eigenvalue weighted by molar-refractivity contribution is 0.253. The number of hydrogen-bond acceptors (Lipinski definition) is 4. The highest BCUT2D eigenvalue weighted by Gasteiger charge is 2.22. The highest BCUT2D eigenvalue weighted by molar-refractivity contribution is 6.08. The molecule has 2 amide bonds. The van der Waals surface area contributed by atoms with Crippen LogP contribution in [0.3, 0.4) is 0 Å². The Labute approximate surface area is 164 Å². The van der Waals surface area contributed by atoms with Crippen molar-refractivity contribution in [2.24, 2.45) is 0 Å². The molecule has 0 aromatic heterocycles. The zero-order chi connectivity index (χ0) is 20.3. The molecule has 0 bridgehead atoms. The Morgan fingerprint density at radius 3 is 2.00 bits per heavy atom. The van der Waals surface area contributed by atoms with Gasteiger partial charge in [0.15, 0.2) is 11.5 Å². The maximum atomic E-state index is 13.2. The first-order valence-corrected chi connectivity index (χ1v) is 8.81. The molecular formula is C22H24N2O4. The fourth-order valence-electron chi connectivity index (χ4n) is 3.20. The van der Waals surface area contributed by atoms with E-state index in [9.17, 15) is 4.79 Å². The smallest absolute Gasteiger partial charge is 0.328 e. The molecule has 0 unspecified atom stereocenters. The molecule has 0 aliphatic heterocycles. The van der Waals surface area contributed by atoms with Crippen molar-refractivity contribution in [2.45, 2.75) is 0 Å². The molecule has 0 N–H and O–H groups in total. The first kappa shape index (κ1) is 19.4. The van der Waals surface area contributed by atoms with Crippen LogP contribution in [0.5, 0.6) is 17.2 Å². The van der Waals surface area contributed by atoms with Gasteiger partial charge < -0.3 is 14.2 Å². The maximum Gasteiger partial charge on any atom is 0.328 e. The summed E-state index contributed by atoms with van der Waals surface area (Å²) in [6.45, 7) is 0. The van der Waals surface area contributed by atoms with E-state index >= 15 is 0 Å². The van der Waals surface area contributed by atoms with Crippen LogP contribution in [0.25, 0.3) is 10.8 Å².